The van der Waals surface area contributed by atoms with Gasteiger partial charge < -0.3 is 10.6 Å². The number of imide groups is 1. The van der Waals surface area contributed by atoms with Crippen molar-refractivity contribution in [2.24, 2.45) is 11.8 Å². The highest BCUT2D eigenvalue weighted by Crippen LogP contribution is 2.19. The van der Waals surface area contributed by atoms with Crippen LogP contribution >= 0.6 is 0 Å². The lowest BCUT2D eigenvalue weighted by molar-refractivity contribution is -0.139. The summed E-state index contributed by atoms with van der Waals surface area (Å²) in [6.45, 7) is 9.31. The maximum atomic E-state index is 12.3. The number of nitrogens with one attached hydrogen (secondary N) is 3. The molecule has 0 aromatic carbocycles. The molecular weight excluding hydrogens is 350 g/mol. The summed E-state index contributed by atoms with van der Waals surface area (Å²) in [5.74, 6) is -0.577. The zero-order valence-electron chi connectivity index (χ0n) is 16.6. The number of urea groups is 1. The molecule has 2 unspecified atom stereocenters. The Balaban J connectivity index is 1.82. The molecule has 0 aromatic heterocycles. The highest BCUT2D eigenvalue weighted by Gasteiger charge is 2.47. The normalized spacial score (nSPS) is 26.3. The van der Waals surface area contributed by atoms with E-state index < -0.39 is 23.4 Å². The Bertz CT molecular complexity index is 609. The molecule has 2 aliphatic rings. The second kappa shape index (κ2) is 8.69. The summed E-state index contributed by atoms with van der Waals surface area (Å²) < 4.78 is 0. The summed E-state index contributed by atoms with van der Waals surface area (Å²) in [5.41, 5.74) is 1.44. The van der Waals surface area contributed by atoms with Crippen LogP contribution in [-0.2, 0) is 14.4 Å². The molecule has 0 bridgehead atoms. The van der Waals surface area contributed by atoms with E-state index in [9.17, 15) is 19.2 Å². The molecule has 3 N–H and O–H groups in total. The van der Waals surface area contributed by atoms with Gasteiger partial charge in [-0.3, -0.25) is 24.7 Å². The standard InChI is InChI=1S/C18H31N5O4/c1-5-18(4)16(26)23(17(27)20-18)21-14(24)11-22-8-6-7-13(10-22)9-19-15(25)12(2)3/h12-13H,5-11H2,1-4H3,(H,19,25)(H,20,27)(H,21,24). The fraction of sp³-hybridized carbons (Fsp3) is 0.778. The van der Waals surface area contributed by atoms with Gasteiger partial charge in [0.25, 0.3) is 11.8 Å². The number of carbonyl (C=O) groups excluding carboxylic acids is 4. The molecule has 0 radical (unpaired) electrons. The highest BCUT2D eigenvalue weighted by molar-refractivity contribution is 6.07. The number of hydrogen-bond donors (Lipinski definition) is 3. The summed E-state index contributed by atoms with van der Waals surface area (Å²) >= 11 is 0. The molecule has 2 heterocycles. The fourth-order valence-electron chi connectivity index (χ4n) is 3.30. The molecular formula is C18H31N5O4. The second-order valence-corrected chi connectivity index (χ2v) is 7.93. The van der Waals surface area contributed by atoms with Crippen molar-refractivity contribution in [3.63, 3.8) is 0 Å². The molecule has 2 fully saturated rings. The Kier molecular flexibility index (Phi) is 6.80. The third-order valence-electron chi connectivity index (χ3n) is 5.26. The van der Waals surface area contributed by atoms with Gasteiger partial charge in [0.15, 0.2) is 0 Å². The first kappa shape index (κ1) is 21.1. The lowest BCUT2D eigenvalue weighted by Crippen LogP contribution is -2.52. The van der Waals surface area contributed by atoms with Gasteiger partial charge in [0.05, 0.1) is 6.54 Å². The zero-order chi connectivity index (χ0) is 20.2. The van der Waals surface area contributed by atoms with Crippen molar-refractivity contribution in [1.82, 2.24) is 26.0 Å². The van der Waals surface area contributed by atoms with Crippen molar-refractivity contribution < 1.29 is 19.2 Å². The number of nitrogens with zero attached hydrogens (tertiary/aromatic N) is 2. The Morgan fingerprint density at radius 2 is 2.04 bits per heavy atom. The van der Waals surface area contributed by atoms with Crippen LogP contribution in [-0.4, -0.2) is 65.4 Å². The van der Waals surface area contributed by atoms with E-state index >= 15 is 0 Å². The van der Waals surface area contributed by atoms with Crippen molar-refractivity contribution in [2.75, 3.05) is 26.2 Å². The number of likely N-dealkylation sites (tertiary alicyclic amines) is 1. The minimum Gasteiger partial charge on any atom is -0.356 e. The smallest absolute Gasteiger partial charge is 0.344 e. The molecule has 5 amide bonds. The second-order valence-electron chi connectivity index (χ2n) is 7.93. The molecule has 0 aromatic rings. The number of piperidine rings is 1. The average Bonchev–Trinajstić information content (AvgIpc) is 2.83. The van der Waals surface area contributed by atoms with E-state index in [1.54, 1.807) is 13.8 Å². The van der Waals surface area contributed by atoms with E-state index in [-0.39, 0.29) is 24.3 Å². The molecule has 152 valence electrons. The van der Waals surface area contributed by atoms with Gasteiger partial charge in [-0.1, -0.05) is 20.8 Å². The van der Waals surface area contributed by atoms with Crippen LogP contribution in [0.25, 0.3) is 0 Å². The Labute approximate surface area is 160 Å². The maximum Gasteiger partial charge on any atom is 0.344 e. The molecule has 2 aliphatic heterocycles. The van der Waals surface area contributed by atoms with Crippen molar-refractivity contribution >= 4 is 23.8 Å². The molecule has 0 spiro atoms. The fourth-order valence-corrected chi connectivity index (χ4v) is 3.30. The van der Waals surface area contributed by atoms with Crippen molar-refractivity contribution in [3.05, 3.63) is 0 Å². The van der Waals surface area contributed by atoms with E-state index in [1.165, 1.54) is 0 Å². The molecule has 2 rings (SSSR count). The monoisotopic (exact) mass is 381 g/mol. The molecule has 9 heteroatoms. The first-order valence-corrected chi connectivity index (χ1v) is 9.62. The van der Waals surface area contributed by atoms with Crippen LogP contribution in [0, 0.1) is 11.8 Å². The largest absolute Gasteiger partial charge is 0.356 e. The summed E-state index contributed by atoms with van der Waals surface area (Å²) in [4.78, 5) is 50.3. The summed E-state index contributed by atoms with van der Waals surface area (Å²) in [6.07, 6.45) is 2.38. The van der Waals surface area contributed by atoms with E-state index in [4.69, 9.17) is 0 Å². The van der Waals surface area contributed by atoms with Crippen molar-refractivity contribution in [2.45, 2.75) is 52.5 Å². The van der Waals surface area contributed by atoms with Gasteiger partial charge in [0, 0.05) is 19.0 Å². The SMILES string of the molecule is CCC1(C)NC(=O)N(NC(=O)CN2CCCC(CNC(=O)C(C)C)C2)C1=O. The summed E-state index contributed by atoms with van der Waals surface area (Å²) in [5, 5.41) is 6.31. The molecule has 0 saturated carbocycles. The number of hydrogen-bond acceptors (Lipinski definition) is 5. The molecule has 2 saturated heterocycles. The summed E-state index contributed by atoms with van der Waals surface area (Å²) in [7, 11) is 0. The molecule has 27 heavy (non-hydrogen) atoms. The minimum absolute atomic E-state index is 0.0300. The quantitative estimate of drug-likeness (QED) is 0.547. The maximum absolute atomic E-state index is 12.3. The van der Waals surface area contributed by atoms with Crippen LogP contribution in [0.3, 0.4) is 0 Å². The highest BCUT2D eigenvalue weighted by atomic mass is 16.2. The first-order chi connectivity index (χ1) is 12.7. The predicted molar refractivity (Wildman–Crippen MR) is 99.2 cm³/mol. The number of carbonyl (C=O) groups is 4. The zero-order valence-corrected chi connectivity index (χ0v) is 16.6. The predicted octanol–water partition coefficient (Wildman–Crippen LogP) is 0.222. The van der Waals surface area contributed by atoms with Gasteiger partial charge in [-0.2, -0.15) is 5.01 Å². The number of rotatable bonds is 7. The van der Waals surface area contributed by atoms with Crippen LogP contribution in [0.4, 0.5) is 4.79 Å². The van der Waals surface area contributed by atoms with Gasteiger partial charge in [-0.25, -0.2) is 4.79 Å². The lowest BCUT2D eigenvalue weighted by atomic mass is 9.97. The third kappa shape index (κ3) is 5.18. The Hall–Kier alpha value is -2.16. The third-order valence-corrected chi connectivity index (χ3v) is 5.26. The van der Waals surface area contributed by atoms with Crippen LogP contribution in [0.5, 0.6) is 0 Å². The Morgan fingerprint density at radius 3 is 2.63 bits per heavy atom. The van der Waals surface area contributed by atoms with E-state index in [0.717, 1.165) is 24.4 Å². The molecule has 0 aliphatic carbocycles. The average molecular weight is 381 g/mol. The van der Waals surface area contributed by atoms with Crippen LogP contribution in [0.15, 0.2) is 0 Å². The van der Waals surface area contributed by atoms with E-state index in [0.29, 0.717) is 19.5 Å². The number of hydrazine groups is 1. The van der Waals surface area contributed by atoms with Gasteiger partial charge in [-0.15, -0.1) is 0 Å². The van der Waals surface area contributed by atoms with Crippen molar-refractivity contribution in [3.8, 4) is 0 Å². The van der Waals surface area contributed by atoms with E-state index in [2.05, 4.69) is 16.1 Å². The first-order valence-electron chi connectivity index (χ1n) is 9.62. The van der Waals surface area contributed by atoms with Crippen LogP contribution in [0.1, 0.15) is 47.0 Å². The van der Waals surface area contributed by atoms with Gasteiger partial charge >= 0.3 is 6.03 Å². The van der Waals surface area contributed by atoms with E-state index in [1.807, 2.05) is 18.7 Å². The Morgan fingerprint density at radius 1 is 1.33 bits per heavy atom. The van der Waals surface area contributed by atoms with Crippen LogP contribution < -0.4 is 16.1 Å². The summed E-state index contributed by atoms with van der Waals surface area (Å²) in [6, 6.07) is -0.606. The van der Waals surface area contributed by atoms with Crippen molar-refractivity contribution in [1.29, 1.82) is 0 Å². The van der Waals surface area contributed by atoms with Crippen LogP contribution in [0.2, 0.25) is 0 Å². The van der Waals surface area contributed by atoms with Gasteiger partial charge in [-0.05, 0) is 38.6 Å². The lowest BCUT2D eigenvalue weighted by Gasteiger charge is -2.32. The number of amides is 5. The topological polar surface area (TPSA) is 111 Å². The molecule has 2 atom stereocenters. The van der Waals surface area contributed by atoms with Gasteiger partial charge in [0.1, 0.15) is 5.54 Å². The molecule has 9 nitrogen and oxygen atoms in total. The van der Waals surface area contributed by atoms with Gasteiger partial charge in [0.2, 0.25) is 5.91 Å². The minimum atomic E-state index is -0.977.